The summed E-state index contributed by atoms with van der Waals surface area (Å²) in [7, 11) is 2.12. The molecule has 1 atom stereocenters. The van der Waals surface area contributed by atoms with Crippen molar-refractivity contribution in [2.75, 3.05) is 56.9 Å². The lowest BCUT2D eigenvalue weighted by Gasteiger charge is -2.38. The van der Waals surface area contributed by atoms with Crippen LogP contribution in [-0.2, 0) is 4.79 Å². The van der Waals surface area contributed by atoms with Crippen LogP contribution in [0.4, 0.5) is 11.4 Å². The molecule has 0 spiro atoms. The highest BCUT2D eigenvalue weighted by Gasteiger charge is 2.30. The number of nitrogen functional groups attached to an aromatic ring is 1. The van der Waals surface area contributed by atoms with Crippen molar-refractivity contribution < 1.29 is 4.79 Å². The molecule has 3 rings (SSSR count). The highest BCUT2D eigenvalue weighted by atomic mass is 16.2. The molecule has 2 heterocycles. The van der Waals surface area contributed by atoms with Crippen molar-refractivity contribution in [3.63, 3.8) is 0 Å². The van der Waals surface area contributed by atoms with Crippen molar-refractivity contribution in [3.8, 4) is 0 Å². The number of nitrogens with two attached hydrogens (primary N) is 1. The van der Waals surface area contributed by atoms with Gasteiger partial charge in [0.1, 0.15) is 0 Å². The molecular formula is C17H26N4O. The third-order valence-electron chi connectivity index (χ3n) is 4.84. The van der Waals surface area contributed by atoms with Crippen LogP contribution in [0.3, 0.4) is 0 Å². The second-order valence-corrected chi connectivity index (χ2v) is 6.51. The average molecular weight is 302 g/mol. The molecule has 0 bridgehead atoms. The van der Waals surface area contributed by atoms with Crippen molar-refractivity contribution in [2.45, 2.75) is 12.8 Å². The third-order valence-corrected chi connectivity index (χ3v) is 4.84. The van der Waals surface area contributed by atoms with Crippen molar-refractivity contribution in [1.82, 2.24) is 9.80 Å². The van der Waals surface area contributed by atoms with Crippen LogP contribution in [-0.4, -0.2) is 62.0 Å². The van der Waals surface area contributed by atoms with Crippen molar-refractivity contribution in [2.24, 2.45) is 5.92 Å². The Labute approximate surface area is 132 Å². The smallest absolute Gasteiger partial charge is 0.227 e. The lowest BCUT2D eigenvalue weighted by molar-refractivity contribution is -0.137. The fourth-order valence-electron chi connectivity index (χ4n) is 3.38. The van der Waals surface area contributed by atoms with Gasteiger partial charge in [-0.05, 0) is 44.2 Å². The molecule has 5 heteroatoms. The molecule has 2 fully saturated rings. The van der Waals surface area contributed by atoms with E-state index in [2.05, 4.69) is 33.9 Å². The Hall–Kier alpha value is -1.75. The SMILES string of the molecule is CN1CCN(C(=O)C2CCCN(c3ccc(N)cc3)C2)CC1. The second-order valence-electron chi connectivity index (χ2n) is 6.51. The maximum atomic E-state index is 12.8. The van der Waals surface area contributed by atoms with Gasteiger partial charge in [0.15, 0.2) is 0 Å². The number of anilines is 2. The van der Waals surface area contributed by atoms with Crippen LogP contribution >= 0.6 is 0 Å². The molecule has 1 unspecified atom stereocenters. The van der Waals surface area contributed by atoms with Gasteiger partial charge >= 0.3 is 0 Å². The molecule has 2 aliphatic rings. The number of carbonyl (C=O) groups is 1. The van der Waals surface area contributed by atoms with Gasteiger partial charge in [-0.1, -0.05) is 0 Å². The molecule has 2 aliphatic heterocycles. The molecule has 1 aromatic rings. The minimum atomic E-state index is 0.134. The molecule has 0 aliphatic carbocycles. The molecule has 120 valence electrons. The van der Waals surface area contributed by atoms with Crippen molar-refractivity contribution in [3.05, 3.63) is 24.3 Å². The van der Waals surface area contributed by atoms with Crippen LogP contribution in [0.5, 0.6) is 0 Å². The van der Waals surface area contributed by atoms with Gasteiger partial charge in [-0.2, -0.15) is 0 Å². The van der Waals surface area contributed by atoms with Crippen LogP contribution in [0.2, 0.25) is 0 Å². The first-order valence-electron chi connectivity index (χ1n) is 8.21. The monoisotopic (exact) mass is 302 g/mol. The lowest BCUT2D eigenvalue weighted by atomic mass is 9.95. The minimum absolute atomic E-state index is 0.134. The molecule has 2 N–H and O–H groups in total. The van der Waals surface area contributed by atoms with Gasteiger partial charge in [-0.25, -0.2) is 0 Å². The number of hydrogen-bond acceptors (Lipinski definition) is 4. The summed E-state index contributed by atoms with van der Waals surface area (Å²) in [6.07, 6.45) is 2.09. The molecule has 5 nitrogen and oxygen atoms in total. The Morgan fingerprint density at radius 3 is 2.45 bits per heavy atom. The highest BCUT2D eigenvalue weighted by molar-refractivity contribution is 5.80. The lowest BCUT2D eigenvalue weighted by Crippen LogP contribution is -2.51. The zero-order valence-electron chi connectivity index (χ0n) is 13.4. The Bertz CT molecular complexity index is 508. The Balaban J connectivity index is 1.62. The summed E-state index contributed by atoms with van der Waals surface area (Å²) in [6.45, 7) is 5.56. The molecule has 0 saturated carbocycles. The molecule has 1 aromatic carbocycles. The van der Waals surface area contributed by atoms with Crippen molar-refractivity contribution >= 4 is 17.3 Å². The topological polar surface area (TPSA) is 52.8 Å². The fourth-order valence-corrected chi connectivity index (χ4v) is 3.38. The van der Waals surface area contributed by atoms with Gasteiger partial charge in [0.2, 0.25) is 5.91 Å². The van der Waals surface area contributed by atoms with Crippen LogP contribution < -0.4 is 10.6 Å². The van der Waals surface area contributed by atoms with E-state index in [0.717, 1.165) is 57.8 Å². The number of nitrogens with zero attached hydrogens (tertiary/aromatic N) is 3. The number of carbonyl (C=O) groups excluding carboxylic acids is 1. The van der Waals surface area contributed by atoms with Crippen LogP contribution in [0, 0.1) is 5.92 Å². The molecule has 1 amide bonds. The van der Waals surface area contributed by atoms with Gasteiger partial charge in [0.05, 0.1) is 5.92 Å². The molecule has 22 heavy (non-hydrogen) atoms. The van der Waals surface area contributed by atoms with Gasteiger partial charge < -0.3 is 20.4 Å². The standard InChI is InChI=1S/C17H26N4O/c1-19-9-11-20(12-10-19)17(22)14-3-2-8-21(13-14)16-6-4-15(18)5-7-16/h4-7,14H,2-3,8-13,18H2,1H3. The van der Waals surface area contributed by atoms with Crippen molar-refractivity contribution in [1.29, 1.82) is 0 Å². The Kier molecular flexibility index (Phi) is 4.52. The maximum Gasteiger partial charge on any atom is 0.227 e. The summed E-state index contributed by atoms with van der Waals surface area (Å²) in [5.74, 6) is 0.475. The molecule has 2 saturated heterocycles. The largest absolute Gasteiger partial charge is 0.399 e. The van der Waals surface area contributed by atoms with Crippen LogP contribution in [0.1, 0.15) is 12.8 Å². The minimum Gasteiger partial charge on any atom is -0.399 e. The first kappa shape index (κ1) is 15.2. The number of amides is 1. The Morgan fingerprint density at radius 2 is 1.77 bits per heavy atom. The summed E-state index contributed by atoms with van der Waals surface area (Å²) < 4.78 is 0. The second kappa shape index (κ2) is 6.57. The number of piperidine rings is 1. The third kappa shape index (κ3) is 3.35. The van der Waals surface area contributed by atoms with E-state index in [1.807, 2.05) is 12.1 Å². The van der Waals surface area contributed by atoms with E-state index in [0.29, 0.717) is 5.91 Å². The van der Waals surface area contributed by atoms with Gasteiger partial charge in [0, 0.05) is 50.6 Å². The quantitative estimate of drug-likeness (QED) is 0.836. The van der Waals surface area contributed by atoms with E-state index in [1.54, 1.807) is 0 Å². The predicted octanol–water partition coefficient (Wildman–Crippen LogP) is 1.26. The summed E-state index contributed by atoms with van der Waals surface area (Å²) in [4.78, 5) is 19.4. The van der Waals surface area contributed by atoms with Gasteiger partial charge in [-0.15, -0.1) is 0 Å². The first-order valence-corrected chi connectivity index (χ1v) is 8.21. The normalized spacial score (nSPS) is 23.6. The van der Waals surface area contributed by atoms with Crippen LogP contribution in [0.15, 0.2) is 24.3 Å². The molecule has 0 radical (unpaired) electrons. The van der Waals surface area contributed by atoms with E-state index < -0.39 is 0 Å². The van der Waals surface area contributed by atoms with E-state index in [4.69, 9.17) is 5.73 Å². The predicted molar refractivity (Wildman–Crippen MR) is 89.9 cm³/mol. The summed E-state index contributed by atoms with van der Waals surface area (Å²) in [5, 5.41) is 0. The molecular weight excluding hydrogens is 276 g/mol. The summed E-state index contributed by atoms with van der Waals surface area (Å²) >= 11 is 0. The summed E-state index contributed by atoms with van der Waals surface area (Å²) in [5.41, 5.74) is 7.71. The summed E-state index contributed by atoms with van der Waals surface area (Å²) in [6, 6.07) is 7.97. The number of likely N-dealkylation sites (N-methyl/N-ethyl adjacent to an activating group) is 1. The number of rotatable bonds is 2. The van der Waals surface area contributed by atoms with E-state index >= 15 is 0 Å². The zero-order valence-corrected chi connectivity index (χ0v) is 13.4. The van der Waals surface area contributed by atoms with Crippen LogP contribution in [0.25, 0.3) is 0 Å². The van der Waals surface area contributed by atoms with Gasteiger partial charge in [-0.3, -0.25) is 4.79 Å². The Morgan fingerprint density at radius 1 is 1.09 bits per heavy atom. The van der Waals surface area contributed by atoms with Gasteiger partial charge in [0.25, 0.3) is 0 Å². The maximum absolute atomic E-state index is 12.8. The number of piperazine rings is 1. The molecule has 0 aromatic heterocycles. The zero-order chi connectivity index (χ0) is 15.5. The number of benzene rings is 1. The van der Waals surface area contributed by atoms with E-state index in [-0.39, 0.29) is 5.92 Å². The highest BCUT2D eigenvalue weighted by Crippen LogP contribution is 2.25. The average Bonchev–Trinajstić information content (AvgIpc) is 2.56. The van der Waals surface area contributed by atoms with E-state index in [9.17, 15) is 4.79 Å². The van der Waals surface area contributed by atoms with E-state index in [1.165, 1.54) is 5.69 Å². The fraction of sp³-hybridized carbons (Fsp3) is 0.588. The first-order chi connectivity index (χ1) is 10.6. The number of hydrogen-bond donors (Lipinski definition) is 1.